The lowest BCUT2D eigenvalue weighted by atomic mass is 10.0. The number of oxime groups is 1. The molecule has 0 aromatic heterocycles. The topological polar surface area (TPSA) is 45.1 Å². The van der Waals surface area contributed by atoms with Crippen LogP contribution >= 0.6 is 0 Å². The van der Waals surface area contributed by atoms with Gasteiger partial charge in [0.1, 0.15) is 6.10 Å². The molecule has 4 heteroatoms. The quantitative estimate of drug-likeness (QED) is 0.774. The minimum atomic E-state index is -0.356. The summed E-state index contributed by atoms with van der Waals surface area (Å²) in [5.41, 5.74) is 2.10. The van der Waals surface area contributed by atoms with Crippen molar-refractivity contribution in [2.24, 2.45) is 5.16 Å². The Bertz CT molecular complexity index is 457. The molecule has 1 heterocycles. The van der Waals surface area contributed by atoms with Crippen LogP contribution in [-0.2, 0) is 4.84 Å². The van der Waals surface area contributed by atoms with Gasteiger partial charge < -0.3 is 9.94 Å². The van der Waals surface area contributed by atoms with E-state index in [1.165, 1.54) is 0 Å². The second-order valence-electron chi connectivity index (χ2n) is 5.19. The number of rotatable bonds is 7. The third-order valence-corrected chi connectivity index (χ3v) is 3.21. The third kappa shape index (κ3) is 4.18. The first-order valence-electron chi connectivity index (χ1n) is 6.98. The van der Waals surface area contributed by atoms with Crippen molar-refractivity contribution in [3.63, 3.8) is 0 Å². The average molecular weight is 274 g/mol. The Morgan fingerprint density at radius 2 is 2.25 bits per heavy atom. The van der Waals surface area contributed by atoms with Crippen LogP contribution in [0.3, 0.4) is 0 Å². The summed E-state index contributed by atoms with van der Waals surface area (Å²) < 4.78 is 0. The molecule has 2 atom stereocenters. The predicted molar refractivity (Wildman–Crippen MR) is 80.8 cm³/mol. The van der Waals surface area contributed by atoms with E-state index in [0.717, 1.165) is 30.8 Å². The Morgan fingerprint density at radius 3 is 2.90 bits per heavy atom. The number of nitrogens with zero attached hydrogens (tertiary/aromatic N) is 2. The predicted octanol–water partition coefficient (Wildman–Crippen LogP) is 2.05. The van der Waals surface area contributed by atoms with Crippen molar-refractivity contribution < 1.29 is 9.94 Å². The molecule has 1 aliphatic heterocycles. The zero-order valence-corrected chi connectivity index (χ0v) is 11.9. The average Bonchev–Trinajstić information content (AvgIpc) is 2.88. The van der Waals surface area contributed by atoms with Crippen molar-refractivity contribution in [3.05, 3.63) is 48.6 Å². The van der Waals surface area contributed by atoms with Crippen molar-refractivity contribution in [2.75, 3.05) is 19.6 Å². The molecule has 0 fully saturated rings. The molecule has 0 amide bonds. The standard InChI is InChI=1S/C16H22N2O2/c1-3-9-18(11-13(2)19)12-15-10-16(17-20-15)14-7-5-4-6-8-14/h3-8,13,15,19H,1,9-12H2,2H3. The third-order valence-electron chi connectivity index (χ3n) is 3.21. The van der Waals surface area contributed by atoms with Crippen LogP contribution in [0.1, 0.15) is 18.9 Å². The molecule has 1 N–H and O–H groups in total. The second kappa shape index (κ2) is 7.22. The number of hydrogen-bond donors (Lipinski definition) is 1. The first-order chi connectivity index (χ1) is 9.69. The van der Waals surface area contributed by atoms with Gasteiger partial charge in [-0.15, -0.1) is 6.58 Å². The highest BCUT2D eigenvalue weighted by Crippen LogP contribution is 2.17. The molecule has 4 nitrogen and oxygen atoms in total. The van der Waals surface area contributed by atoms with Gasteiger partial charge >= 0.3 is 0 Å². The van der Waals surface area contributed by atoms with Crippen molar-refractivity contribution >= 4 is 5.71 Å². The normalized spacial score (nSPS) is 19.6. The number of aliphatic hydroxyl groups is 1. The zero-order chi connectivity index (χ0) is 14.4. The van der Waals surface area contributed by atoms with E-state index in [9.17, 15) is 5.11 Å². The van der Waals surface area contributed by atoms with Gasteiger partial charge in [0.15, 0.2) is 0 Å². The van der Waals surface area contributed by atoms with Gasteiger partial charge in [0.25, 0.3) is 0 Å². The fourth-order valence-electron chi connectivity index (χ4n) is 2.40. The van der Waals surface area contributed by atoms with E-state index in [0.29, 0.717) is 6.54 Å². The van der Waals surface area contributed by atoms with Gasteiger partial charge in [-0.25, -0.2) is 0 Å². The maximum Gasteiger partial charge on any atom is 0.145 e. The molecule has 0 spiro atoms. The van der Waals surface area contributed by atoms with Gasteiger partial charge in [-0.05, 0) is 12.5 Å². The lowest BCUT2D eigenvalue weighted by Gasteiger charge is -2.24. The van der Waals surface area contributed by atoms with Gasteiger partial charge in [0.05, 0.1) is 11.8 Å². The maximum absolute atomic E-state index is 9.51. The molecule has 108 valence electrons. The summed E-state index contributed by atoms with van der Waals surface area (Å²) in [7, 11) is 0. The summed E-state index contributed by atoms with van der Waals surface area (Å²) in [6, 6.07) is 10.1. The summed E-state index contributed by atoms with van der Waals surface area (Å²) in [4.78, 5) is 7.64. The van der Waals surface area contributed by atoms with Crippen LogP contribution in [0.25, 0.3) is 0 Å². The fourth-order valence-corrected chi connectivity index (χ4v) is 2.40. The Kier molecular flexibility index (Phi) is 5.32. The molecular formula is C16H22N2O2. The molecule has 0 radical (unpaired) electrons. The maximum atomic E-state index is 9.51. The first kappa shape index (κ1) is 14.8. The van der Waals surface area contributed by atoms with E-state index in [2.05, 4.69) is 16.6 Å². The van der Waals surface area contributed by atoms with E-state index in [4.69, 9.17) is 4.84 Å². The zero-order valence-electron chi connectivity index (χ0n) is 11.9. The van der Waals surface area contributed by atoms with E-state index in [1.54, 1.807) is 6.92 Å². The van der Waals surface area contributed by atoms with E-state index < -0.39 is 0 Å². The molecular weight excluding hydrogens is 252 g/mol. The number of benzene rings is 1. The molecule has 0 aliphatic carbocycles. The highest BCUT2D eigenvalue weighted by molar-refractivity contribution is 6.01. The molecule has 20 heavy (non-hydrogen) atoms. The number of hydrogen-bond acceptors (Lipinski definition) is 4. The van der Waals surface area contributed by atoms with Crippen LogP contribution in [0.2, 0.25) is 0 Å². The first-order valence-corrected chi connectivity index (χ1v) is 6.98. The van der Waals surface area contributed by atoms with Crippen LogP contribution in [0, 0.1) is 0 Å². The van der Waals surface area contributed by atoms with Crippen molar-refractivity contribution in [1.29, 1.82) is 0 Å². The number of aliphatic hydroxyl groups excluding tert-OH is 1. The summed E-state index contributed by atoms with van der Waals surface area (Å²) in [5.74, 6) is 0. The van der Waals surface area contributed by atoms with Crippen LogP contribution in [-0.4, -0.2) is 47.6 Å². The van der Waals surface area contributed by atoms with E-state index in [-0.39, 0.29) is 12.2 Å². The minimum absolute atomic E-state index is 0.0453. The smallest absolute Gasteiger partial charge is 0.145 e. The summed E-state index contributed by atoms with van der Waals surface area (Å²) in [6.45, 7) is 7.65. The van der Waals surface area contributed by atoms with Gasteiger partial charge in [-0.2, -0.15) is 0 Å². The lowest BCUT2D eigenvalue weighted by molar-refractivity contribution is 0.0420. The minimum Gasteiger partial charge on any atom is -0.392 e. The highest BCUT2D eigenvalue weighted by Gasteiger charge is 2.24. The van der Waals surface area contributed by atoms with Gasteiger partial charge in [0, 0.05) is 26.1 Å². The molecule has 0 saturated carbocycles. The second-order valence-corrected chi connectivity index (χ2v) is 5.19. The molecule has 2 rings (SSSR count). The summed E-state index contributed by atoms with van der Waals surface area (Å²) >= 11 is 0. The highest BCUT2D eigenvalue weighted by atomic mass is 16.6. The van der Waals surface area contributed by atoms with Gasteiger partial charge in [-0.1, -0.05) is 41.6 Å². The van der Waals surface area contributed by atoms with Crippen LogP contribution in [0.5, 0.6) is 0 Å². The van der Waals surface area contributed by atoms with Crippen molar-refractivity contribution in [1.82, 2.24) is 4.90 Å². The van der Waals surface area contributed by atoms with Crippen molar-refractivity contribution in [2.45, 2.75) is 25.6 Å². The summed E-state index contributed by atoms with van der Waals surface area (Å²) in [5, 5.41) is 13.7. The molecule has 1 aliphatic rings. The van der Waals surface area contributed by atoms with Gasteiger partial charge in [-0.3, -0.25) is 4.90 Å². The SMILES string of the molecule is C=CCN(CC(C)O)CC1CC(c2ccccc2)=NO1. The molecule has 1 aromatic rings. The Morgan fingerprint density at radius 1 is 1.50 bits per heavy atom. The Labute approximate surface area is 120 Å². The fraction of sp³-hybridized carbons (Fsp3) is 0.438. The lowest BCUT2D eigenvalue weighted by Crippen LogP contribution is -2.37. The van der Waals surface area contributed by atoms with E-state index >= 15 is 0 Å². The largest absolute Gasteiger partial charge is 0.392 e. The van der Waals surface area contributed by atoms with Crippen LogP contribution in [0.4, 0.5) is 0 Å². The Hall–Kier alpha value is -1.65. The van der Waals surface area contributed by atoms with Gasteiger partial charge in [0.2, 0.25) is 0 Å². The molecule has 0 bridgehead atoms. The Balaban J connectivity index is 1.89. The molecule has 2 unspecified atom stereocenters. The van der Waals surface area contributed by atoms with E-state index in [1.807, 2.05) is 36.4 Å². The summed E-state index contributed by atoms with van der Waals surface area (Å²) in [6.07, 6.45) is 2.34. The monoisotopic (exact) mass is 274 g/mol. The van der Waals surface area contributed by atoms with Crippen LogP contribution < -0.4 is 0 Å². The molecule has 0 saturated heterocycles. The molecule has 1 aromatic carbocycles. The van der Waals surface area contributed by atoms with Crippen molar-refractivity contribution in [3.8, 4) is 0 Å². The van der Waals surface area contributed by atoms with Crippen LogP contribution in [0.15, 0.2) is 48.1 Å².